The Morgan fingerprint density at radius 3 is 2.50 bits per heavy atom. The molecule has 1 aliphatic heterocycles. The fourth-order valence-corrected chi connectivity index (χ4v) is 3.45. The predicted octanol–water partition coefficient (Wildman–Crippen LogP) is 5.35. The lowest BCUT2D eigenvalue weighted by Crippen LogP contribution is -2.31. The number of phenols is 1. The number of rotatable bonds is 7. The highest BCUT2D eigenvalue weighted by molar-refractivity contribution is 6.43. The average molecular weight is 354 g/mol. The second-order valence-electron chi connectivity index (χ2n) is 7.13. The van der Waals surface area contributed by atoms with Gasteiger partial charge in [-0.25, -0.2) is 0 Å². The molecule has 3 nitrogen and oxygen atoms in total. The molecular formula is C22H31BO3. The molecule has 4 heteroatoms. The summed E-state index contributed by atoms with van der Waals surface area (Å²) in [6.07, 6.45) is 8.31. The highest BCUT2D eigenvalue weighted by Crippen LogP contribution is 2.30. The topological polar surface area (TPSA) is 49.7 Å². The van der Waals surface area contributed by atoms with Gasteiger partial charge in [-0.3, -0.25) is 0 Å². The molecule has 1 heterocycles. The van der Waals surface area contributed by atoms with Crippen LogP contribution >= 0.6 is 0 Å². The second kappa shape index (κ2) is 9.25. The van der Waals surface area contributed by atoms with E-state index in [-0.39, 0.29) is 6.10 Å². The predicted molar refractivity (Wildman–Crippen MR) is 110 cm³/mol. The smallest absolute Gasteiger partial charge is 0.458 e. The van der Waals surface area contributed by atoms with Crippen molar-refractivity contribution in [2.24, 2.45) is 0 Å². The summed E-state index contributed by atoms with van der Waals surface area (Å²) in [5.41, 5.74) is 6.48. The molecule has 0 saturated carbocycles. The van der Waals surface area contributed by atoms with E-state index in [4.69, 9.17) is 4.65 Å². The Hall–Kier alpha value is -1.78. The van der Waals surface area contributed by atoms with E-state index < -0.39 is 7.12 Å². The van der Waals surface area contributed by atoms with Gasteiger partial charge in [0.25, 0.3) is 0 Å². The normalized spacial score (nSPS) is 18.0. The molecule has 0 bridgehead atoms. The minimum atomic E-state index is -0.718. The Kier molecular flexibility index (Phi) is 7.30. The summed E-state index contributed by atoms with van der Waals surface area (Å²) in [6.45, 7) is 12.3. The lowest BCUT2D eigenvalue weighted by molar-refractivity contribution is 0.183. The molecular weight excluding hydrogens is 323 g/mol. The van der Waals surface area contributed by atoms with Crippen LogP contribution in [0, 0.1) is 13.8 Å². The maximum Gasteiger partial charge on any atom is 0.458 e. The third kappa shape index (κ3) is 5.12. The highest BCUT2D eigenvalue weighted by Gasteiger charge is 2.27. The van der Waals surface area contributed by atoms with Crippen molar-refractivity contribution in [3.05, 3.63) is 58.2 Å². The van der Waals surface area contributed by atoms with Crippen molar-refractivity contribution in [1.29, 1.82) is 0 Å². The fraction of sp³-hybridized carbons (Fsp3) is 0.455. The van der Waals surface area contributed by atoms with Crippen molar-refractivity contribution >= 4 is 13.2 Å². The van der Waals surface area contributed by atoms with Gasteiger partial charge in [-0.15, -0.1) is 0 Å². The van der Waals surface area contributed by atoms with Gasteiger partial charge in [-0.2, -0.15) is 0 Å². The molecule has 0 aromatic heterocycles. The van der Waals surface area contributed by atoms with Crippen LogP contribution in [0.1, 0.15) is 56.2 Å². The van der Waals surface area contributed by atoms with Gasteiger partial charge in [0, 0.05) is 6.32 Å². The molecule has 2 N–H and O–H groups in total. The third-order valence-corrected chi connectivity index (χ3v) is 5.11. The van der Waals surface area contributed by atoms with E-state index >= 15 is 0 Å². The average Bonchev–Trinajstić information content (AvgIpc) is 2.62. The summed E-state index contributed by atoms with van der Waals surface area (Å²) < 4.78 is 5.79. The molecule has 2 rings (SSSR count). The van der Waals surface area contributed by atoms with Gasteiger partial charge in [0.05, 0.1) is 6.10 Å². The van der Waals surface area contributed by atoms with Gasteiger partial charge in [0.15, 0.2) is 0 Å². The lowest BCUT2D eigenvalue weighted by atomic mass is 9.77. The van der Waals surface area contributed by atoms with Gasteiger partial charge in [0.2, 0.25) is 0 Å². The molecule has 1 aromatic carbocycles. The molecule has 1 atom stereocenters. The summed E-state index contributed by atoms with van der Waals surface area (Å²) >= 11 is 0. The Labute approximate surface area is 158 Å². The maximum absolute atomic E-state index is 9.95. The van der Waals surface area contributed by atoms with E-state index in [1.165, 1.54) is 5.57 Å². The van der Waals surface area contributed by atoms with Crippen molar-refractivity contribution in [1.82, 2.24) is 0 Å². The fourth-order valence-electron chi connectivity index (χ4n) is 3.45. The molecule has 1 unspecified atom stereocenters. The molecule has 0 radical (unpaired) electrons. The van der Waals surface area contributed by atoms with Crippen LogP contribution in [-0.2, 0) is 4.65 Å². The molecule has 0 aliphatic carbocycles. The van der Waals surface area contributed by atoms with Crippen LogP contribution in [-0.4, -0.2) is 23.4 Å². The minimum absolute atomic E-state index is 0.0931. The second-order valence-corrected chi connectivity index (χ2v) is 7.13. The first kappa shape index (κ1) is 20.5. The van der Waals surface area contributed by atoms with E-state index in [1.807, 2.05) is 26.0 Å². The first-order chi connectivity index (χ1) is 12.3. The van der Waals surface area contributed by atoms with Crippen LogP contribution in [0.3, 0.4) is 0 Å². The zero-order chi connectivity index (χ0) is 19.3. The number of hydrogen-bond acceptors (Lipinski definition) is 3. The molecule has 1 aliphatic rings. The van der Waals surface area contributed by atoms with Crippen LogP contribution < -0.4 is 0 Å². The van der Waals surface area contributed by atoms with E-state index in [9.17, 15) is 10.1 Å². The zero-order valence-electron chi connectivity index (χ0n) is 16.5. The van der Waals surface area contributed by atoms with Gasteiger partial charge in [-0.05, 0) is 73.9 Å². The minimum Gasteiger partial charge on any atom is -0.507 e. The number of hydrogen-bond donors (Lipinski definition) is 2. The molecule has 0 amide bonds. The van der Waals surface area contributed by atoms with Gasteiger partial charge in [0.1, 0.15) is 5.75 Å². The van der Waals surface area contributed by atoms with E-state index in [1.54, 1.807) is 0 Å². The number of aryl methyl sites for hydroxylation is 2. The van der Waals surface area contributed by atoms with Crippen LogP contribution in [0.5, 0.6) is 5.75 Å². The molecule has 0 fully saturated rings. The number of benzene rings is 1. The van der Waals surface area contributed by atoms with Gasteiger partial charge < -0.3 is 14.8 Å². The quantitative estimate of drug-likeness (QED) is 0.649. The van der Waals surface area contributed by atoms with E-state index in [2.05, 4.69) is 32.6 Å². The van der Waals surface area contributed by atoms with Crippen molar-refractivity contribution in [3.8, 4) is 5.75 Å². The molecule has 26 heavy (non-hydrogen) atoms. The Morgan fingerprint density at radius 1 is 1.27 bits per heavy atom. The number of aromatic hydroxyl groups is 1. The van der Waals surface area contributed by atoms with Gasteiger partial charge >= 0.3 is 7.12 Å². The summed E-state index contributed by atoms with van der Waals surface area (Å²) in [6, 6.07) is 4.03. The van der Waals surface area contributed by atoms with Crippen LogP contribution in [0.4, 0.5) is 0 Å². The Bertz CT molecular complexity index is 695. The largest absolute Gasteiger partial charge is 0.507 e. The lowest BCUT2D eigenvalue weighted by Gasteiger charge is -2.28. The first-order valence-corrected chi connectivity index (χ1v) is 9.57. The maximum atomic E-state index is 9.95. The van der Waals surface area contributed by atoms with Crippen molar-refractivity contribution in [3.63, 3.8) is 0 Å². The highest BCUT2D eigenvalue weighted by atomic mass is 16.5. The summed E-state index contributed by atoms with van der Waals surface area (Å²) in [5, 5.41) is 19.8. The standard InChI is InChI=1S/C22H31BO3/c1-6-15(3)20-10-11-23(25)26-21(20)9-8-18(7-2)14-19-12-16(4)22(24)17(5)13-19/h10,12-14,21,24-25H,3,6-9,11H2,1-2,4-5H3/b18-14+. The van der Waals surface area contributed by atoms with Gasteiger partial charge in [-0.1, -0.05) is 43.7 Å². The van der Waals surface area contributed by atoms with Crippen LogP contribution in [0.25, 0.3) is 6.08 Å². The summed E-state index contributed by atoms with van der Waals surface area (Å²) in [5.74, 6) is 0.373. The van der Waals surface area contributed by atoms with E-state index in [0.717, 1.165) is 53.5 Å². The molecule has 0 saturated heterocycles. The third-order valence-electron chi connectivity index (χ3n) is 5.11. The number of phenolic OH excluding ortho intramolecular Hbond substituents is 1. The Morgan fingerprint density at radius 2 is 1.92 bits per heavy atom. The first-order valence-electron chi connectivity index (χ1n) is 9.57. The SMILES string of the molecule is C=C(CC)C1=CCB(O)OC1CC/C(=C/c1cc(C)c(O)c(C)c1)CC. The Balaban J connectivity index is 2.13. The van der Waals surface area contributed by atoms with Crippen LogP contribution in [0.2, 0.25) is 6.32 Å². The molecule has 140 valence electrons. The zero-order valence-corrected chi connectivity index (χ0v) is 16.5. The van der Waals surface area contributed by atoms with Crippen molar-refractivity contribution in [2.45, 2.75) is 65.8 Å². The van der Waals surface area contributed by atoms with Crippen LogP contribution in [0.15, 0.2) is 41.5 Å². The van der Waals surface area contributed by atoms with Crippen molar-refractivity contribution in [2.75, 3.05) is 0 Å². The van der Waals surface area contributed by atoms with E-state index in [0.29, 0.717) is 12.1 Å². The van der Waals surface area contributed by atoms with Crippen molar-refractivity contribution < 1.29 is 14.8 Å². The summed E-state index contributed by atoms with van der Waals surface area (Å²) in [7, 11) is -0.718. The molecule has 1 aromatic rings. The number of allylic oxidation sites excluding steroid dienone is 2. The monoisotopic (exact) mass is 354 g/mol. The molecule has 0 spiro atoms. The summed E-state index contributed by atoms with van der Waals surface area (Å²) in [4.78, 5) is 0.